The number of oxime groups is 1. The third kappa shape index (κ3) is 4.57. The van der Waals surface area contributed by atoms with Gasteiger partial charge >= 0.3 is 6.09 Å². The molecule has 0 aromatic heterocycles. The zero-order valence-corrected chi connectivity index (χ0v) is 11.7. The third-order valence-corrected chi connectivity index (χ3v) is 2.77. The van der Waals surface area contributed by atoms with Crippen molar-refractivity contribution in [3.8, 4) is 0 Å². The Labute approximate surface area is 125 Å². The number of hydrogen-bond donors (Lipinski definition) is 1. The standard InChI is InChI=1S/C14H10Cl2N2O2/c15-11-6-4-10(5-7-11)9-17-20-14(19)18-13-3-1-2-12(16)8-13/h1-9H,(H,18,19)/b17-9+. The number of anilines is 1. The topological polar surface area (TPSA) is 50.7 Å². The molecule has 0 heterocycles. The minimum Gasteiger partial charge on any atom is -0.298 e. The van der Waals surface area contributed by atoms with Crippen LogP contribution >= 0.6 is 23.2 Å². The largest absolute Gasteiger partial charge is 0.437 e. The van der Waals surface area contributed by atoms with Gasteiger partial charge in [-0.25, -0.2) is 4.79 Å². The van der Waals surface area contributed by atoms with Gasteiger partial charge in [-0.15, -0.1) is 0 Å². The SMILES string of the molecule is O=C(Nc1cccc(Cl)c1)O/N=C/c1ccc(Cl)cc1. The van der Waals surface area contributed by atoms with Crippen LogP contribution in [0.2, 0.25) is 10.0 Å². The average molecular weight is 309 g/mol. The first-order valence-corrected chi connectivity index (χ1v) is 6.41. The van der Waals surface area contributed by atoms with E-state index in [-0.39, 0.29) is 0 Å². The Morgan fingerprint density at radius 2 is 1.85 bits per heavy atom. The molecule has 0 aliphatic carbocycles. The number of hydrogen-bond acceptors (Lipinski definition) is 3. The molecule has 2 aromatic rings. The van der Waals surface area contributed by atoms with Crippen molar-refractivity contribution < 1.29 is 9.63 Å². The normalized spacial score (nSPS) is 10.5. The Bertz CT molecular complexity index is 627. The van der Waals surface area contributed by atoms with Gasteiger partial charge in [-0.2, -0.15) is 0 Å². The van der Waals surface area contributed by atoms with E-state index in [4.69, 9.17) is 23.2 Å². The molecule has 1 amide bonds. The molecule has 0 aliphatic rings. The summed E-state index contributed by atoms with van der Waals surface area (Å²) in [7, 11) is 0. The van der Waals surface area contributed by atoms with Gasteiger partial charge in [-0.05, 0) is 35.9 Å². The third-order valence-electron chi connectivity index (χ3n) is 2.28. The van der Waals surface area contributed by atoms with E-state index in [0.29, 0.717) is 15.7 Å². The van der Waals surface area contributed by atoms with Crippen LogP contribution in [0.1, 0.15) is 5.56 Å². The summed E-state index contributed by atoms with van der Waals surface area (Å²) in [5, 5.41) is 7.22. The Balaban J connectivity index is 1.87. The first-order chi connectivity index (χ1) is 9.63. The highest BCUT2D eigenvalue weighted by molar-refractivity contribution is 6.31. The van der Waals surface area contributed by atoms with Crippen LogP contribution in [0.4, 0.5) is 10.5 Å². The van der Waals surface area contributed by atoms with Gasteiger partial charge in [0.15, 0.2) is 0 Å². The highest BCUT2D eigenvalue weighted by Gasteiger charge is 2.02. The maximum atomic E-state index is 11.5. The lowest BCUT2D eigenvalue weighted by Crippen LogP contribution is -2.10. The van der Waals surface area contributed by atoms with Crippen molar-refractivity contribution in [2.24, 2.45) is 5.16 Å². The number of amides is 1. The van der Waals surface area contributed by atoms with Gasteiger partial charge in [0.05, 0.1) is 6.21 Å². The highest BCUT2D eigenvalue weighted by Crippen LogP contribution is 2.15. The smallest absolute Gasteiger partial charge is 0.298 e. The van der Waals surface area contributed by atoms with Crippen LogP contribution in [0.5, 0.6) is 0 Å². The molecule has 20 heavy (non-hydrogen) atoms. The monoisotopic (exact) mass is 308 g/mol. The van der Waals surface area contributed by atoms with Crippen LogP contribution < -0.4 is 5.32 Å². The van der Waals surface area contributed by atoms with E-state index >= 15 is 0 Å². The molecule has 2 rings (SSSR count). The lowest BCUT2D eigenvalue weighted by Gasteiger charge is -2.02. The number of rotatable bonds is 3. The minimum atomic E-state index is -0.697. The zero-order chi connectivity index (χ0) is 14.4. The summed E-state index contributed by atoms with van der Waals surface area (Å²) in [6.07, 6.45) is 0.714. The Hall–Kier alpha value is -2.04. The second kappa shape index (κ2) is 6.93. The average Bonchev–Trinajstić information content (AvgIpc) is 2.41. The molecule has 0 saturated carbocycles. The van der Waals surface area contributed by atoms with Crippen molar-refractivity contribution in [3.05, 3.63) is 64.1 Å². The Kier molecular flexibility index (Phi) is 4.98. The predicted octanol–water partition coefficient (Wildman–Crippen LogP) is 4.58. The summed E-state index contributed by atoms with van der Waals surface area (Å²) in [6.45, 7) is 0. The Morgan fingerprint density at radius 1 is 1.10 bits per heavy atom. The molecule has 0 spiro atoms. The number of halogens is 2. The van der Waals surface area contributed by atoms with Gasteiger partial charge < -0.3 is 0 Å². The van der Waals surface area contributed by atoms with Gasteiger partial charge in [-0.1, -0.05) is 46.6 Å². The van der Waals surface area contributed by atoms with Gasteiger partial charge in [0, 0.05) is 15.7 Å². The van der Waals surface area contributed by atoms with E-state index in [9.17, 15) is 4.79 Å². The Morgan fingerprint density at radius 3 is 2.55 bits per heavy atom. The molecule has 0 atom stereocenters. The fourth-order valence-electron chi connectivity index (χ4n) is 1.39. The fraction of sp³-hybridized carbons (Fsp3) is 0. The minimum absolute atomic E-state index is 0.521. The molecule has 102 valence electrons. The number of carbonyl (C=O) groups excluding carboxylic acids is 1. The lowest BCUT2D eigenvalue weighted by atomic mass is 10.2. The second-order valence-corrected chi connectivity index (χ2v) is 4.67. The van der Waals surface area contributed by atoms with Crippen molar-refractivity contribution in [2.45, 2.75) is 0 Å². The van der Waals surface area contributed by atoms with Crippen molar-refractivity contribution in [1.82, 2.24) is 0 Å². The van der Waals surface area contributed by atoms with Crippen LogP contribution in [0.25, 0.3) is 0 Å². The highest BCUT2D eigenvalue weighted by atomic mass is 35.5. The van der Waals surface area contributed by atoms with Gasteiger partial charge in [0.1, 0.15) is 0 Å². The van der Waals surface area contributed by atoms with E-state index < -0.39 is 6.09 Å². The van der Waals surface area contributed by atoms with Crippen LogP contribution in [-0.4, -0.2) is 12.3 Å². The van der Waals surface area contributed by atoms with Crippen molar-refractivity contribution >= 4 is 41.2 Å². The van der Waals surface area contributed by atoms with E-state index in [0.717, 1.165) is 5.56 Å². The van der Waals surface area contributed by atoms with Gasteiger partial charge in [-0.3, -0.25) is 10.2 Å². The molecule has 1 N–H and O–H groups in total. The number of nitrogens with one attached hydrogen (secondary N) is 1. The van der Waals surface area contributed by atoms with Crippen LogP contribution in [0.3, 0.4) is 0 Å². The fourth-order valence-corrected chi connectivity index (χ4v) is 1.71. The summed E-state index contributed by atoms with van der Waals surface area (Å²) < 4.78 is 0. The van der Waals surface area contributed by atoms with E-state index in [2.05, 4.69) is 15.3 Å². The quantitative estimate of drug-likeness (QED) is 0.513. The molecule has 2 aromatic carbocycles. The van der Waals surface area contributed by atoms with Crippen LogP contribution in [0.15, 0.2) is 53.7 Å². The van der Waals surface area contributed by atoms with Crippen molar-refractivity contribution in [2.75, 3.05) is 5.32 Å². The number of carbonyl (C=O) groups is 1. The maximum Gasteiger partial charge on any atom is 0.437 e. The van der Waals surface area contributed by atoms with Crippen molar-refractivity contribution in [1.29, 1.82) is 0 Å². The number of benzene rings is 2. The molecule has 0 aliphatic heterocycles. The first-order valence-electron chi connectivity index (χ1n) is 5.66. The van der Waals surface area contributed by atoms with E-state index in [1.54, 1.807) is 48.5 Å². The molecule has 0 fully saturated rings. The summed E-state index contributed by atoms with van der Waals surface area (Å²) in [5.74, 6) is 0. The molecule has 0 bridgehead atoms. The molecule has 6 heteroatoms. The summed E-state index contributed by atoms with van der Waals surface area (Å²) >= 11 is 11.5. The zero-order valence-electron chi connectivity index (χ0n) is 10.2. The summed E-state index contributed by atoms with van der Waals surface area (Å²) in [4.78, 5) is 16.1. The first kappa shape index (κ1) is 14.4. The molecule has 0 unspecified atom stereocenters. The van der Waals surface area contributed by atoms with Crippen LogP contribution in [0, 0.1) is 0 Å². The second-order valence-electron chi connectivity index (χ2n) is 3.80. The van der Waals surface area contributed by atoms with Crippen LogP contribution in [-0.2, 0) is 4.84 Å². The lowest BCUT2D eigenvalue weighted by molar-refractivity contribution is 0.167. The summed E-state index contributed by atoms with van der Waals surface area (Å²) in [6, 6.07) is 13.7. The summed E-state index contributed by atoms with van der Waals surface area (Å²) in [5.41, 5.74) is 1.30. The predicted molar refractivity (Wildman–Crippen MR) is 80.6 cm³/mol. The molecular weight excluding hydrogens is 299 g/mol. The van der Waals surface area contributed by atoms with Crippen molar-refractivity contribution in [3.63, 3.8) is 0 Å². The molecule has 0 radical (unpaired) electrons. The van der Waals surface area contributed by atoms with Gasteiger partial charge in [0.2, 0.25) is 0 Å². The molecule has 4 nitrogen and oxygen atoms in total. The molecule has 0 saturated heterocycles. The van der Waals surface area contributed by atoms with E-state index in [1.165, 1.54) is 6.21 Å². The number of nitrogens with zero attached hydrogens (tertiary/aromatic N) is 1. The van der Waals surface area contributed by atoms with Gasteiger partial charge in [0.25, 0.3) is 0 Å². The maximum absolute atomic E-state index is 11.5. The molecular formula is C14H10Cl2N2O2. The van der Waals surface area contributed by atoms with E-state index in [1.807, 2.05) is 0 Å².